The van der Waals surface area contributed by atoms with Crippen molar-refractivity contribution in [3.63, 3.8) is 0 Å². The molecular formula is C13H23N3O4. The SMILES string of the molecule is CC(C)NC(=O)CNC(=O)N1CCCCC1CC(=O)O. The molecule has 0 saturated carbocycles. The average Bonchev–Trinajstić information content (AvgIpc) is 2.35. The first kappa shape index (κ1) is 16.3. The monoisotopic (exact) mass is 285 g/mol. The minimum absolute atomic E-state index is 0.0224. The third kappa shape index (κ3) is 5.46. The average molecular weight is 285 g/mol. The van der Waals surface area contributed by atoms with Crippen molar-refractivity contribution in [3.8, 4) is 0 Å². The first-order chi connectivity index (χ1) is 9.40. The maximum Gasteiger partial charge on any atom is 0.318 e. The van der Waals surface area contributed by atoms with Gasteiger partial charge in [0.1, 0.15) is 0 Å². The van der Waals surface area contributed by atoms with Crippen molar-refractivity contribution in [2.75, 3.05) is 13.1 Å². The largest absolute Gasteiger partial charge is 0.481 e. The fourth-order valence-corrected chi connectivity index (χ4v) is 2.31. The number of carboxylic acid groups (broad SMARTS) is 1. The molecule has 20 heavy (non-hydrogen) atoms. The van der Waals surface area contributed by atoms with Gasteiger partial charge in [0.15, 0.2) is 0 Å². The number of carbonyl (C=O) groups is 3. The quantitative estimate of drug-likeness (QED) is 0.687. The van der Waals surface area contributed by atoms with Gasteiger partial charge in [0, 0.05) is 18.6 Å². The molecule has 1 fully saturated rings. The molecule has 0 aliphatic carbocycles. The highest BCUT2D eigenvalue weighted by Gasteiger charge is 2.28. The van der Waals surface area contributed by atoms with Crippen LogP contribution in [0.3, 0.4) is 0 Å². The number of amides is 3. The Morgan fingerprint density at radius 2 is 2.00 bits per heavy atom. The van der Waals surface area contributed by atoms with Crippen molar-refractivity contribution in [3.05, 3.63) is 0 Å². The Morgan fingerprint density at radius 3 is 2.60 bits per heavy atom. The van der Waals surface area contributed by atoms with Crippen LogP contribution in [-0.4, -0.2) is 53.1 Å². The molecule has 1 aliphatic rings. The lowest BCUT2D eigenvalue weighted by Gasteiger charge is -2.34. The molecule has 0 radical (unpaired) electrons. The number of aliphatic carboxylic acids is 1. The van der Waals surface area contributed by atoms with Crippen molar-refractivity contribution in [1.29, 1.82) is 0 Å². The van der Waals surface area contributed by atoms with Gasteiger partial charge in [-0.15, -0.1) is 0 Å². The molecule has 7 nitrogen and oxygen atoms in total. The van der Waals surface area contributed by atoms with Crippen LogP contribution in [0, 0.1) is 0 Å². The molecule has 3 N–H and O–H groups in total. The molecule has 1 saturated heterocycles. The van der Waals surface area contributed by atoms with Gasteiger partial charge in [0.25, 0.3) is 0 Å². The maximum atomic E-state index is 12.0. The molecule has 1 atom stereocenters. The third-order valence-corrected chi connectivity index (χ3v) is 3.15. The number of hydrogen-bond acceptors (Lipinski definition) is 3. The van der Waals surface area contributed by atoms with Crippen LogP contribution in [0.2, 0.25) is 0 Å². The van der Waals surface area contributed by atoms with Gasteiger partial charge in [0.05, 0.1) is 13.0 Å². The molecule has 0 aromatic heterocycles. The topological polar surface area (TPSA) is 98.7 Å². The second-order valence-corrected chi connectivity index (χ2v) is 5.32. The molecule has 0 aromatic rings. The fraction of sp³-hybridized carbons (Fsp3) is 0.769. The van der Waals surface area contributed by atoms with Gasteiger partial charge in [-0.25, -0.2) is 4.79 Å². The molecule has 1 rings (SSSR count). The Kier molecular flexibility index (Phi) is 6.27. The zero-order valence-corrected chi connectivity index (χ0v) is 12.0. The number of rotatable bonds is 5. The lowest BCUT2D eigenvalue weighted by atomic mass is 10.00. The van der Waals surface area contributed by atoms with Gasteiger partial charge in [-0.3, -0.25) is 9.59 Å². The van der Waals surface area contributed by atoms with E-state index in [2.05, 4.69) is 10.6 Å². The normalized spacial score (nSPS) is 18.8. The van der Waals surface area contributed by atoms with E-state index in [1.165, 1.54) is 4.90 Å². The molecule has 0 bridgehead atoms. The lowest BCUT2D eigenvalue weighted by molar-refractivity contribution is -0.138. The number of carboxylic acids is 1. The Morgan fingerprint density at radius 1 is 1.30 bits per heavy atom. The van der Waals surface area contributed by atoms with E-state index in [1.54, 1.807) is 0 Å². The van der Waals surface area contributed by atoms with Gasteiger partial charge in [-0.1, -0.05) is 0 Å². The summed E-state index contributed by atoms with van der Waals surface area (Å²) in [6.07, 6.45) is 2.43. The highest BCUT2D eigenvalue weighted by Crippen LogP contribution is 2.19. The first-order valence-corrected chi connectivity index (χ1v) is 6.95. The summed E-state index contributed by atoms with van der Waals surface area (Å²) in [5, 5.41) is 14.1. The second-order valence-electron chi connectivity index (χ2n) is 5.32. The van der Waals surface area contributed by atoms with E-state index >= 15 is 0 Å². The molecule has 0 aromatic carbocycles. The predicted molar refractivity (Wildman–Crippen MR) is 73.3 cm³/mol. The number of urea groups is 1. The lowest BCUT2D eigenvalue weighted by Crippen LogP contribution is -2.51. The zero-order chi connectivity index (χ0) is 15.1. The number of carbonyl (C=O) groups excluding carboxylic acids is 2. The summed E-state index contributed by atoms with van der Waals surface area (Å²) in [5.41, 5.74) is 0. The number of nitrogens with zero attached hydrogens (tertiary/aromatic N) is 1. The zero-order valence-electron chi connectivity index (χ0n) is 12.0. The Hall–Kier alpha value is -1.79. The van der Waals surface area contributed by atoms with Crippen LogP contribution in [0.4, 0.5) is 4.79 Å². The summed E-state index contributed by atoms with van der Waals surface area (Å²) in [5.74, 6) is -1.16. The maximum absolute atomic E-state index is 12.0. The molecule has 0 spiro atoms. The van der Waals surface area contributed by atoms with Crippen molar-refractivity contribution in [1.82, 2.24) is 15.5 Å². The van der Waals surface area contributed by atoms with Crippen molar-refractivity contribution in [2.45, 2.75) is 51.6 Å². The minimum atomic E-state index is -0.910. The van der Waals surface area contributed by atoms with Crippen LogP contribution in [0.5, 0.6) is 0 Å². The van der Waals surface area contributed by atoms with Gasteiger partial charge >= 0.3 is 12.0 Å². The summed E-state index contributed by atoms with van der Waals surface area (Å²) >= 11 is 0. The van der Waals surface area contributed by atoms with Crippen LogP contribution in [0.25, 0.3) is 0 Å². The minimum Gasteiger partial charge on any atom is -0.481 e. The number of likely N-dealkylation sites (tertiary alicyclic amines) is 1. The highest BCUT2D eigenvalue weighted by atomic mass is 16.4. The van der Waals surface area contributed by atoms with E-state index in [9.17, 15) is 14.4 Å². The van der Waals surface area contributed by atoms with Crippen LogP contribution < -0.4 is 10.6 Å². The van der Waals surface area contributed by atoms with Gasteiger partial charge in [-0.2, -0.15) is 0 Å². The van der Waals surface area contributed by atoms with Gasteiger partial charge in [-0.05, 0) is 33.1 Å². The third-order valence-electron chi connectivity index (χ3n) is 3.15. The van der Waals surface area contributed by atoms with Crippen LogP contribution in [0.1, 0.15) is 39.5 Å². The summed E-state index contributed by atoms with van der Waals surface area (Å²) in [4.78, 5) is 35.8. The molecule has 1 unspecified atom stereocenters. The first-order valence-electron chi connectivity index (χ1n) is 6.95. The summed E-state index contributed by atoms with van der Waals surface area (Å²) in [7, 11) is 0. The number of hydrogen-bond donors (Lipinski definition) is 3. The molecular weight excluding hydrogens is 262 g/mol. The fourth-order valence-electron chi connectivity index (χ4n) is 2.31. The van der Waals surface area contributed by atoms with E-state index in [0.717, 1.165) is 12.8 Å². The van der Waals surface area contributed by atoms with Crippen molar-refractivity contribution >= 4 is 17.9 Å². The number of piperidine rings is 1. The van der Waals surface area contributed by atoms with Crippen molar-refractivity contribution < 1.29 is 19.5 Å². The van der Waals surface area contributed by atoms with E-state index in [4.69, 9.17) is 5.11 Å². The predicted octanol–water partition coefficient (Wildman–Crippen LogP) is 0.550. The Labute approximate surface area is 118 Å². The Bertz CT molecular complexity index is 371. The smallest absolute Gasteiger partial charge is 0.318 e. The standard InChI is InChI=1S/C13H23N3O4/c1-9(2)15-11(17)8-14-13(20)16-6-4-3-5-10(16)7-12(18)19/h9-10H,3-8H2,1-2H3,(H,14,20)(H,15,17)(H,18,19). The number of nitrogens with one attached hydrogen (secondary N) is 2. The van der Waals surface area contributed by atoms with Gasteiger partial charge in [0.2, 0.25) is 5.91 Å². The molecule has 3 amide bonds. The molecule has 114 valence electrons. The van der Waals surface area contributed by atoms with Crippen LogP contribution in [0.15, 0.2) is 0 Å². The van der Waals surface area contributed by atoms with Gasteiger partial charge < -0.3 is 20.6 Å². The van der Waals surface area contributed by atoms with Crippen molar-refractivity contribution in [2.24, 2.45) is 0 Å². The Balaban J connectivity index is 2.46. The summed E-state index contributed by atoms with van der Waals surface area (Å²) < 4.78 is 0. The van der Waals surface area contributed by atoms with E-state index in [-0.39, 0.29) is 37.0 Å². The second kappa shape index (κ2) is 7.72. The molecule has 1 heterocycles. The highest BCUT2D eigenvalue weighted by molar-refractivity contribution is 5.84. The summed E-state index contributed by atoms with van der Waals surface area (Å²) in [6, 6.07) is -0.626. The molecule has 7 heteroatoms. The summed E-state index contributed by atoms with van der Waals surface area (Å²) in [6.45, 7) is 4.13. The van der Waals surface area contributed by atoms with E-state index in [0.29, 0.717) is 13.0 Å². The van der Waals surface area contributed by atoms with Crippen LogP contribution in [-0.2, 0) is 9.59 Å². The van der Waals surface area contributed by atoms with Crippen LogP contribution >= 0.6 is 0 Å². The van der Waals surface area contributed by atoms with E-state index < -0.39 is 5.97 Å². The van der Waals surface area contributed by atoms with E-state index in [1.807, 2.05) is 13.8 Å². The molecule has 1 aliphatic heterocycles.